The number of hydrogen-bond acceptors (Lipinski definition) is 5. The van der Waals surface area contributed by atoms with Gasteiger partial charge in [0.1, 0.15) is 0 Å². The van der Waals surface area contributed by atoms with Crippen LogP contribution in [0.5, 0.6) is 0 Å². The number of aliphatic carboxylic acids is 1. The second-order valence-electron chi connectivity index (χ2n) is 7.96. The Morgan fingerprint density at radius 2 is 1.97 bits per heavy atom. The quantitative estimate of drug-likeness (QED) is 0.343. The zero-order valence-electron chi connectivity index (χ0n) is 17.1. The first-order chi connectivity index (χ1) is 13.9. The molecule has 1 aromatic rings. The van der Waals surface area contributed by atoms with Crippen molar-refractivity contribution in [3.63, 3.8) is 0 Å². The van der Waals surface area contributed by atoms with Crippen molar-refractivity contribution in [1.29, 1.82) is 0 Å². The van der Waals surface area contributed by atoms with E-state index in [0.717, 1.165) is 12.0 Å². The number of carbonyl (C=O) groups is 3. The maximum Gasteiger partial charge on any atom is 1.00 e. The topological polar surface area (TPSA) is 122 Å². The molecule has 0 spiro atoms. The minimum atomic E-state index is -1.41. The molecular formula is C21H24N3NaO5. The molecular weight excluding hydrogens is 397 g/mol. The summed E-state index contributed by atoms with van der Waals surface area (Å²) in [7, 11) is 0. The Balaban J connectivity index is 0.00000256. The van der Waals surface area contributed by atoms with Gasteiger partial charge in [-0.15, -0.1) is 0 Å². The summed E-state index contributed by atoms with van der Waals surface area (Å²) in [6.45, 7) is 1.90. The second kappa shape index (κ2) is 9.09. The van der Waals surface area contributed by atoms with Crippen LogP contribution in [-0.4, -0.2) is 46.1 Å². The van der Waals surface area contributed by atoms with E-state index < -0.39 is 36.0 Å². The molecule has 1 saturated carbocycles. The number of nitrogens with zero attached hydrogens (tertiary/aromatic N) is 1. The van der Waals surface area contributed by atoms with Crippen LogP contribution in [0.2, 0.25) is 0 Å². The van der Waals surface area contributed by atoms with Crippen LogP contribution in [0.4, 0.5) is 4.79 Å². The first-order valence-corrected chi connectivity index (χ1v) is 9.95. The summed E-state index contributed by atoms with van der Waals surface area (Å²) in [5, 5.41) is 27.5. The van der Waals surface area contributed by atoms with Crippen LogP contribution in [0.3, 0.4) is 0 Å². The number of nitrogens with one attached hydrogen (secondary N) is 2. The van der Waals surface area contributed by atoms with E-state index >= 15 is 0 Å². The third-order valence-electron chi connectivity index (χ3n) is 6.21. The van der Waals surface area contributed by atoms with E-state index in [1.165, 1.54) is 4.90 Å². The fourth-order valence-corrected chi connectivity index (χ4v) is 5.01. The van der Waals surface area contributed by atoms with Gasteiger partial charge in [0, 0.05) is 12.5 Å². The molecule has 8 nitrogen and oxygen atoms in total. The van der Waals surface area contributed by atoms with Gasteiger partial charge < -0.3 is 30.5 Å². The molecule has 5 atom stereocenters. The van der Waals surface area contributed by atoms with Crippen LogP contribution in [0.15, 0.2) is 41.6 Å². The van der Waals surface area contributed by atoms with Crippen molar-refractivity contribution in [3.05, 3.63) is 47.2 Å². The summed E-state index contributed by atoms with van der Waals surface area (Å²) in [5.41, 5.74) is 1.37. The Labute approximate surface area is 197 Å². The van der Waals surface area contributed by atoms with Crippen molar-refractivity contribution in [2.24, 2.45) is 11.8 Å². The molecule has 2 fully saturated rings. The van der Waals surface area contributed by atoms with Gasteiger partial charge in [-0.25, -0.2) is 4.79 Å². The molecule has 0 aromatic heterocycles. The second-order valence-corrected chi connectivity index (χ2v) is 7.96. The van der Waals surface area contributed by atoms with Crippen LogP contribution in [-0.2, 0) is 16.1 Å². The predicted octanol–water partition coefficient (Wildman–Crippen LogP) is -3.12. The fourth-order valence-electron chi connectivity index (χ4n) is 5.01. The molecule has 154 valence electrons. The summed E-state index contributed by atoms with van der Waals surface area (Å²) in [6.07, 6.45) is 1.25. The van der Waals surface area contributed by atoms with Crippen molar-refractivity contribution in [3.8, 4) is 0 Å². The number of carbonyl (C=O) groups excluding carboxylic acids is 3. The number of urea groups is 1. The number of fused-ring (bicyclic) bond motifs is 3. The maximum absolute atomic E-state index is 12.5. The van der Waals surface area contributed by atoms with Crippen LogP contribution >= 0.6 is 0 Å². The van der Waals surface area contributed by atoms with Gasteiger partial charge in [0.25, 0.3) is 0 Å². The van der Waals surface area contributed by atoms with Crippen LogP contribution in [0.25, 0.3) is 0 Å². The van der Waals surface area contributed by atoms with Gasteiger partial charge >= 0.3 is 35.6 Å². The smallest absolute Gasteiger partial charge is 0.543 e. The van der Waals surface area contributed by atoms with Gasteiger partial charge in [0.15, 0.2) is 0 Å². The Kier molecular flexibility index (Phi) is 6.91. The van der Waals surface area contributed by atoms with E-state index in [-0.39, 0.29) is 47.2 Å². The van der Waals surface area contributed by atoms with E-state index in [2.05, 4.69) is 10.6 Å². The zero-order chi connectivity index (χ0) is 20.7. The van der Waals surface area contributed by atoms with Crippen molar-refractivity contribution in [1.82, 2.24) is 15.5 Å². The number of aliphatic hydroxyl groups excluding tert-OH is 1. The monoisotopic (exact) mass is 421 g/mol. The van der Waals surface area contributed by atoms with E-state index in [4.69, 9.17) is 0 Å². The normalized spacial score (nSPS) is 27.9. The standard InChI is InChI=1S/C21H25N3O5.Na/c1-11(25)15-17-13-8-5-9-14(16(13)18(20(27)28)24(17)19(15)26)23-21(29)22-10-12-6-3-2-4-7-12;/h2-4,6-7,11,13-15,17,25H,5,8-10H2,1H3,(H,27,28)(H2,22,23,29);/q;+1/p-1/t11?,13-,14-,15+,17+;/m0./s1. The molecule has 4 rings (SSSR count). The van der Waals surface area contributed by atoms with Gasteiger partial charge in [-0.3, -0.25) is 4.79 Å². The average molecular weight is 421 g/mol. The number of carboxylic acids is 1. The molecule has 2 heterocycles. The molecule has 1 aromatic carbocycles. The van der Waals surface area contributed by atoms with Crippen molar-refractivity contribution >= 4 is 17.9 Å². The average Bonchev–Trinajstić information content (AvgIpc) is 2.98. The van der Waals surface area contributed by atoms with E-state index in [0.29, 0.717) is 25.0 Å². The molecule has 1 saturated heterocycles. The predicted molar refractivity (Wildman–Crippen MR) is 101 cm³/mol. The summed E-state index contributed by atoms with van der Waals surface area (Å²) in [4.78, 5) is 38.0. The first kappa shape index (κ1) is 22.8. The Morgan fingerprint density at radius 3 is 2.60 bits per heavy atom. The molecule has 3 aliphatic rings. The molecule has 0 radical (unpaired) electrons. The number of hydrogen-bond donors (Lipinski definition) is 3. The molecule has 1 aliphatic carbocycles. The van der Waals surface area contributed by atoms with Crippen molar-refractivity contribution in [2.75, 3.05) is 0 Å². The maximum atomic E-state index is 12.5. The van der Waals surface area contributed by atoms with Crippen LogP contribution < -0.4 is 45.3 Å². The molecule has 30 heavy (non-hydrogen) atoms. The molecule has 3 amide bonds. The summed E-state index contributed by atoms with van der Waals surface area (Å²) in [6, 6.07) is 8.22. The Bertz CT molecular complexity index is 873. The molecule has 1 unspecified atom stereocenters. The largest absolute Gasteiger partial charge is 1.00 e. The van der Waals surface area contributed by atoms with Crippen molar-refractivity contribution < 1.29 is 54.2 Å². The molecule has 9 heteroatoms. The van der Waals surface area contributed by atoms with Gasteiger partial charge in [0.2, 0.25) is 5.91 Å². The minimum absolute atomic E-state index is 0. The zero-order valence-corrected chi connectivity index (χ0v) is 19.1. The van der Waals surface area contributed by atoms with Gasteiger partial charge in [-0.1, -0.05) is 36.8 Å². The summed E-state index contributed by atoms with van der Waals surface area (Å²) >= 11 is 0. The van der Waals surface area contributed by atoms with E-state index in [1.54, 1.807) is 6.92 Å². The third-order valence-corrected chi connectivity index (χ3v) is 6.21. The Morgan fingerprint density at radius 1 is 1.27 bits per heavy atom. The summed E-state index contributed by atoms with van der Waals surface area (Å²) in [5.74, 6) is -2.60. The number of aliphatic hydroxyl groups is 1. The third kappa shape index (κ3) is 3.89. The number of rotatable bonds is 5. The first-order valence-electron chi connectivity index (χ1n) is 9.95. The number of benzene rings is 1. The van der Waals surface area contributed by atoms with Crippen molar-refractivity contribution in [2.45, 2.75) is 50.9 Å². The van der Waals surface area contributed by atoms with Crippen LogP contribution in [0.1, 0.15) is 31.7 Å². The van der Waals surface area contributed by atoms with Gasteiger partial charge in [0.05, 0.1) is 35.8 Å². The SMILES string of the molecule is CC(O)[C@H]1C(=O)N2C(C(=O)[O-])=C3[C@@H](NC(=O)NCc4ccccc4)CCC[C@@H]3[C@H]12.[Na+]. The minimum Gasteiger partial charge on any atom is -0.543 e. The molecule has 2 aliphatic heterocycles. The molecule has 3 N–H and O–H groups in total. The number of β-lactam (4-membered cyclic amide) rings is 1. The Hall–Kier alpha value is -1.87. The van der Waals surface area contributed by atoms with Gasteiger partial charge in [-0.2, -0.15) is 0 Å². The van der Waals surface area contributed by atoms with E-state index in [9.17, 15) is 24.6 Å². The summed E-state index contributed by atoms with van der Waals surface area (Å²) < 4.78 is 0. The number of carboxylic acid groups (broad SMARTS) is 1. The van der Waals surface area contributed by atoms with E-state index in [1.807, 2.05) is 30.3 Å². The number of amides is 3. The molecule has 0 bridgehead atoms. The fraction of sp³-hybridized carbons (Fsp3) is 0.476. The van der Waals surface area contributed by atoms with Gasteiger partial charge in [-0.05, 0) is 30.9 Å². The van der Waals surface area contributed by atoms with Crippen LogP contribution in [0, 0.1) is 11.8 Å².